The van der Waals surface area contributed by atoms with Crippen LogP contribution in [0.25, 0.3) is 11.8 Å². The largest absolute Gasteiger partial charge is 0.420 e. The van der Waals surface area contributed by atoms with E-state index in [2.05, 4.69) is 20.3 Å². The van der Waals surface area contributed by atoms with Crippen LogP contribution in [-0.2, 0) is 0 Å². The molecule has 2 aromatic rings. The van der Waals surface area contributed by atoms with E-state index in [4.69, 9.17) is 8.94 Å². The zero-order chi connectivity index (χ0) is 9.26. The van der Waals surface area contributed by atoms with Gasteiger partial charge in [-0.05, 0) is 0 Å². The molecule has 2 rings (SSSR count). The maximum absolute atomic E-state index is 4.91. The molecule has 2 heterocycles. The second kappa shape index (κ2) is 2.96. The summed E-state index contributed by atoms with van der Waals surface area (Å²) in [6, 6.07) is 0. The van der Waals surface area contributed by atoms with Crippen molar-refractivity contribution in [2.75, 3.05) is 0 Å². The lowest BCUT2D eigenvalue weighted by molar-refractivity contribution is 0.404. The first-order valence-corrected chi connectivity index (χ1v) is 3.87. The number of nitrogens with zero attached hydrogens (tertiary/aromatic N) is 4. The zero-order valence-electron chi connectivity index (χ0n) is 7.26. The molecule has 13 heavy (non-hydrogen) atoms. The van der Waals surface area contributed by atoms with E-state index in [0.29, 0.717) is 5.82 Å². The first-order chi connectivity index (χ1) is 6.27. The number of hydrogen-bond acceptors (Lipinski definition) is 6. The van der Waals surface area contributed by atoms with Crippen molar-refractivity contribution in [2.24, 2.45) is 0 Å². The molecule has 0 unspecified atom stereocenters. The van der Waals surface area contributed by atoms with Gasteiger partial charge in [-0.3, -0.25) is 0 Å². The number of aromatic nitrogens is 4. The van der Waals surface area contributed by atoms with Gasteiger partial charge in [0, 0.05) is 5.92 Å². The molecule has 0 saturated heterocycles. The van der Waals surface area contributed by atoms with Gasteiger partial charge in [-0.2, -0.15) is 4.98 Å². The Labute approximate surface area is 74.0 Å². The highest BCUT2D eigenvalue weighted by Crippen LogP contribution is 2.16. The third kappa shape index (κ3) is 1.42. The van der Waals surface area contributed by atoms with E-state index in [0.717, 1.165) is 0 Å². The fourth-order valence-electron chi connectivity index (χ4n) is 0.822. The van der Waals surface area contributed by atoms with Crippen LogP contribution in [0.1, 0.15) is 25.6 Å². The summed E-state index contributed by atoms with van der Waals surface area (Å²) in [5.74, 6) is 1.37. The Hall–Kier alpha value is -1.72. The van der Waals surface area contributed by atoms with Crippen molar-refractivity contribution in [3.05, 3.63) is 12.2 Å². The summed E-state index contributed by atoms with van der Waals surface area (Å²) < 4.78 is 9.81. The molecule has 0 spiro atoms. The maximum Gasteiger partial charge on any atom is 0.315 e. The normalized spacial score (nSPS) is 11.0. The van der Waals surface area contributed by atoms with Gasteiger partial charge in [-0.15, -0.1) is 10.2 Å². The van der Waals surface area contributed by atoms with Gasteiger partial charge in [-0.25, -0.2) is 0 Å². The predicted octanol–water partition coefficient (Wildman–Crippen LogP) is 1.24. The average molecular weight is 180 g/mol. The molecule has 2 aromatic heterocycles. The van der Waals surface area contributed by atoms with E-state index in [1.807, 2.05) is 13.8 Å². The van der Waals surface area contributed by atoms with Gasteiger partial charge in [0.05, 0.1) is 0 Å². The molecule has 0 amide bonds. The molecule has 0 aliphatic carbocycles. The summed E-state index contributed by atoms with van der Waals surface area (Å²) in [6.45, 7) is 3.95. The number of rotatable bonds is 2. The Morgan fingerprint density at radius 1 is 1.31 bits per heavy atom. The molecule has 0 aliphatic rings. The van der Waals surface area contributed by atoms with Crippen LogP contribution in [0.15, 0.2) is 15.3 Å². The lowest BCUT2D eigenvalue weighted by Gasteiger charge is -1.91. The monoisotopic (exact) mass is 180 g/mol. The summed E-state index contributed by atoms with van der Waals surface area (Å²) >= 11 is 0. The minimum atomic E-state index is 0.223. The van der Waals surface area contributed by atoms with Crippen LogP contribution in [0.4, 0.5) is 0 Å². The fourth-order valence-corrected chi connectivity index (χ4v) is 0.822. The second-order valence-electron chi connectivity index (χ2n) is 2.86. The number of hydrogen-bond donors (Lipinski definition) is 0. The van der Waals surface area contributed by atoms with Crippen LogP contribution in [0.5, 0.6) is 0 Å². The third-order valence-corrected chi connectivity index (χ3v) is 1.50. The van der Waals surface area contributed by atoms with Crippen molar-refractivity contribution in [1.82, 2.24) is 20.3 Å². The third-order valence-electron chi connectivity index (χ3n) is 1.50. The van der Waals surface area contributed by atoms with Crippen LogP contribution in [0.2, 0.25) is 0 Å². The lowest BCUT2D eigenvalue weighted by atomic mass is 10.2. The van der Waals surface area contributed by atoms with E-state index < -0.39 is 0 Å². The molecular weight excluding hydrogens is 172 g/mol. The Bertz CT molecular complexity index is 379. The van der Waals surface area contributed by atoms with Crippen molar-refractivity contribution >= 4 is 0 Å². The average Bonchev–Trinajstić information content (AvgIpc) is 2.75. The molecule has 6 heteroatoms. The molecule has 6 nitrogen and oxygen atoms in total. The molecule has 0 aliphatic heterocycles. The van der Waals surface area contributed by atoms with E-state index in [1.54, 1.807) is 0 Å². The van der Waals surface area contributed by atoms with E-state index >= 15 is 0 Å². The van der Waals surface area contributed by atoms with Crippen molar-refractivity contribution in [3.63, 3.8) is 0 Å². The van der Waals surface area contributed by atoms with Gasteiger partial charge in [-0.1, -0.05) is 19.0 Å². The van der Waals surface area contributed by atoms with Crippen LogP contribution >= 0.6 is 0 Å². The van der Waals surface area contributed by atoms with Crippen LogP contribution in [0.3, 0.4) is 0 Å². The second-order valence-corrected chi connectivity index (χ2v) is 2.86. The van der Waals surface area contributed by atoms with Gasteiger partial charge in [0.1, 0.15) is 0 Å². The van der Waals surface area contributed by atoms with Gasteiger partial charge in [0.25, 0.3) is 0 Å². The molecule has 0 N–H and O–H groups in total. The Balaban J connectivity index is 2.33. The summed E-state index contributed by atoms with van der Waals surface area (Å²) in [6.07, 6.45) is 1.22. The highest BCUT2D eigenvalue weighted by molar-refractivity contribution is 5.34. The molecule has 0 radical (unpaired) electrons. The minimum Gasteiger partial charge on any atom is -0.420 e. The van der Waals surface area contributed by atoms with Gasteiger partial charge < -0.3 is 8.94 Å². The molecule has 68 valence electrons. The molecule has 0 atom stereocenters. The summed E-state index contributed by atoms with van der Waals surface area (Å²) in [7, 11) is 0. The van der Waals surface area contributed by atoms with Gasteiger partial charge in [0.15, 0.2) is 5.82 Å². The molecule has 0 saturated carbocycles. The van der Waals surface area contributed by atoms with Crippen molar-refractivity contribution in [2.45, 2.75) is 19.8 Å². The Morgan fingerprint density at radius 2 is 2.15 bits per heavy atom. The van der Waals surface area contributed by atoms with E-state index in [9.17, 15) is 0 Å². The quantitative estimate of drug-likeness (QED) is 0.691. The highest BCUT2D eigenvalue weighted by atomic mass is 16.5. The van der Waals surface area contributed by atoms with Crippen LogP contribution < -0.4 is 0 Å². The minimum absolute atomic E-state index is 0.223. The molecular formula is C7H8N4O2. The smallest absolute Gasteiger partial charge is 0.315 e. The first kappa shape index (κ1) is 7.90. The predicted molar refractivity (Wildman–Crippen MR) is 41.7 cm³/mol. The molecule has 0 aromatic carbocycles. The first-order valence-electron chi connectivity index (χ1n) is 3.87. The van der Waals surface area contributed by atoms with E-state index in [-0.39, 0.29) is 17.7 Å². The van der Waals surface area contributed by atoms with Gasteiger partial charge >= 0.3 is 11.8 Å². The van der Waals surface area contributed by atoms with Crippen molar-refractivity contribution in [3.8, 4) is 11.8 Å². The highest BCUT2D eigenvalue weighted by Gasteiger charge is 2.14. The maximum atomic E-state index is 4.91. The Morgan fingerprint density at radius 3 is 2.69 bits per heavy atom. The van der Waals surface area contributed by atoms with E-state index in [1.165, 1.54) is 6.39 Å². The SMILES string of the molecule is CC(C)c1noc(-c2nnco2)n1. The summed E-state index contributed by atoms with van der Waals surface area (Å²) in [5.41, 5.74) is 0. The lowest BCUT2D eigenvalue weighted by Crippen LogP contribution is -1.89. The van der Waals surface area contributed by atoms with Crippen LogP contribution in [0, 0.1) is 0 Å². The zero-order valence-corrected chi connectivity index (χ0v) is 7.26. The fraction of sp³-hybridized carbons (Fsp3) is 0.429. The van der Waals surface area contributed by atoms with Crippen LogP contribution in [-0.4, -0.2) is 20.3 Å². The van der Waals surface area contributed by atoms with Crippen molar-refractivity contribution < 1.29 is 8.94 Å². The molecule has 0 bridgehead atoms. The standard InChI is InChI=1S/C7H8N4O2/c1-4(2)5-9-6(13-11-5)7-10-8-3-12-7/h3-4H,1-2H3. The molecule has 0 fully saturated rings. The van der Waals surface area contributed by atoms with Gasteiger partial charge in [0.2, 0.25) is 6.39 Å². The topological polar surface area (TPSA) is 77.8 Å². The summed E-state index contributed by atoms with van der Waals surface area (Å²) in [4.78, 5) is 4.08. The Kier molecular flexibility index (Phi) is 1.80. The summed E-state index contributed by atoms with van der Waals surface area (Å²) in [5, 5.41) is 10.9. The van der Waals surface area contributed by atoms with Crippen molar-refractivity contribution in [1.29, 1.82) is 0 Å².